The van der Waals surface area contributed by atoms with Gasteiger partial charge in [0.05, 0.1) is 0 Å². The average molecular weight is 226 g/mol. The minimum absolute atomic E-state index is 0.200. The number of rotatable bonds is 1. The van der Waals surface area contributed by atoms with Gasteiger partial charge in [-0.15, -0.1) is 9.24 Å². The number of benzene rings is 1. The Hall–Kier alpha value is -0.880. The Bertz CT molecular complexity index is 323. The largest absolute Gasteiger partial charge is 0.481 e. The summed E-state index contributed by atoms with van der Waals surface area (Å²) in [6.07, 6.45) is 0. The van der Waals surface area contributed by atoms with Crippen LogP contribution in [0.5, 0.6) is 0 Å². The first kappa shape index (κ1) is 14.1. The highest BCUT2D eigenvalue weighted by molar-refractivity contribution is 7.18. The van der Waals surface area contributed by atoms with Crippen molar-refractivity contribution < 1.29 is 9.90 Å². The molecule has 0 aromatic heterocycles. The molecule has 0 radical (unpaired) electrons. The molecule has 1 rings (SSSR count). The summed E-state index contributed by atoms with van der Waals surface area (Å²) in [5.41, 5.74) is 2.78. The van der Waals surface area contributed by atoms with Crippen molar-refractivity contribution in [3.05, 3.63) is 35.4 Å². The molecule has 3 heteroatoms. The van der Waals surface area contributed by atoms with Gasteiger partial charge in [0.25, 0.3) is 5.97 Å². The molecule has 1 atom stereocenters. The lowest BCUT2D eigenvalue weighted by Crippen LogP contribution is -2.08. The fraction of sp³-hybridized carbons (Fsp3) is 0.417. The van der Waals surface area contributed by atoms with Gasteiger partial charge in [0, 0.05) is 12.1 Å². The van der Waals surface area contributed by atoms with E-state index in [1.54, 1.807) is 0 Å². The number of hydrogen-bond acceptors (Lipinski definition) is 1. The number of carboxylic acid groups (broad SMARTS) is 1. The first-order valence-electron chi connectivity index (χ1n) is 4.79. The van der Waals surface area contributed by atoms with Gasteiger partial charge in [0.2, 0.25) is 0 Å². The van der Waals surface area contributed by atoms with E-state index < -0.39 is 5.97 Å². The predicted molar refractivity (Wildman–Crippen MR) is 67.2 cm³/mol. The first-order chi connectivity index (χ1) is 6.75. The van der Waals surface area contributed by atoms with E-state index in [0.717, 1.165) is 6.92 Å². The first-order valence-corrected chi connectivity index (χ1v) is 5.37. The Morgan fingerprint density at radius 1 is 1.33 bits per heavy atom. The minimum atomic E-state index is -0.833. The van der Waals surface area contributed by atoms with Crippen LogP contribution in [0, 0.1) is 6.92 Å². The van der Waals surface area contributed by atoms with Gasteiger partial charge in [-0.25, -0.2) is 0 Å². The van der Waals surface area contributed by atoms with Gasteiger partial charge in [0.1, 0.15) is 0 Å². The molecule has 1 aromatic rings. The zero-order valence-corrected chi connectivity index (χ0v) is 10.9. The monoisotopic (exact) mass is 226 g/mol. The molecule has 1 unspecified atom stereocenters. The van der Waals surface area contributed by atoms with Crippen molar-refractivity contribution in [1.29, 1.82) is 0 Å². The third-order valence-corrected chi connectivity index (χ3v) is 2.15. The Labute approximate surface area is 93.9 Å². The molecule has 0 aliphatic heterocycles. The maximum absolute atomic E-state index is 9.00. The van der Waals surface area contributed by atoms with Crippen LogP contribution in [0.25, 0.3) is 0 Å². The molecule has 0 amide bonds. The normalized spacial score (nSPS) is 10.2. The lowest BCUT2D eigenvalue weighted by molar-refractivity contribution is -0.134. The molecule has 0 fully saturated rings. The summed E-state index contributed by atoms with van der Waals surface area (Å²) < 4.78 is 0. The van der Waals surface area contributed by atoms with Gasteiger partial charge >= 0.3 is 0 Å². The van der Waals surface area contributed by atoms with Crippen molar-refractivity contribution in [2.45, 2.75) is 32.9 Å². The SMILES string of the molecule is CC(=O)O.Cc1ccccc1C(C)(C)P. The molecule has 0 bridgehead atoms. The molecule has 1 aromatic carbocycles. The second-order valence-electron chi connectivity index (χ2n) is 4.06. The van der Waals surface area contributed by atoms with Crippen molar-refractivity contribution in [3.8, 4) is 0 Å². The van der Waals surface area contributed by atoms with E-state index in [1.807, 2.05) is 0 Å². The van der Waals surface area contributed by atoms with Crippen molar-refractivity contribution in [2.75, 3.05) is 0 Å². The van der Waals surface area contributed by atoms with Crippen LogP contribution in [-0.2, 0) is 9.95 Å². The lowest BCUT2D eigenvalue weighted by Gasteiger charge is -2.20. The van der Waals surface area contributed by atoms with E-state index in [-0.39, 0.29) is 5.16 Å². The highest BCUT2D eigenvalue weighted by atomic mass is 31.0. The third kappa shape index (κ3) is 6.24. The van der Waals surface area contributed by atoms with Gasteiger partial charge in [-0.05, 0) is 18.1 Å². The molecule has 0 aliphatic carbocycles. The van der Waals surface area contributed by atoms with Gasteiger partial charge in [-0.3, -0.25) is 4.79 Å². The van der Waals surface area contributed by atoms with Crippen LogP contribution < -0.4 is 0 Å². The van der Waals surface area contributed by atoms with Crippen molar-refractivity contribution in [3.63, 3.8) is 0 Å². The molecule has 84 valence electrons. The van der Waals surface area contributed by atoms with Crippen LogP contribution in [0.15, 0.2) is 24.3 Å². The van der Waals surface area contributed by atoms with Crippen LogP contribution in [0.2, 0.25) is 0 Å². The Balaban J connectivity index is 0.000000423. The maximum atomic E-state index is 9.00. The van der Waals surface area contributed by atoms with Gasteiger partial charge in [-0.1, -0.05) is 38.1 Å². The van der Waals surface area contributed by atoms with E-state index in [0.29, 0.717) is 0 Å². The third-order valence-electron chi connectivity index (χ3n) is 1.84. The number of aryl methyl sites for hydroxylation is 1. The number of hydrogen-bond donors (Lipinski definition) is 1. The summed E-state index contributed by atoms with van der Waals surface area (Å²) >= 11 is 0. The van der Waals surface area contributed by atoms with Crippen LogP contribution >= 0.6 is 9.24 Å². The lowest BCUT2D eigenvalue weighted by atomic mass is 9.97. The van der Waals surface area contributed by atoms with Crippen molar-refractivity contribution in [2.24, 2.45) is 0 Å². The fourth-order valence-electron chi connectivity index (χ4n) is 1.30. The summed E-state index contributed by atoms with van der Waals surface area (Å²) in [7, 11) is 2.86. The Morgan fingerprint density at radius 3 is 2.00 bits per heavy atom. The smallest absolute Gasteiger partial charge is 0.300 e. The highest BCUT2D eigenvalue weighted by Gasteiger charge is 2.14. The van der Waals surface area contributed by atoms with Gasteiger partial charge < -0.3 is 5.11 Å². The molecule has 15 heavy (non-hydrogen) atoms. The maximum Gasteiger partial charge on any atom is 0.300 e. The minimum Gasteiger partial charge on any atom is -0.481 e. The number of aliphatic carboxylic acids is 1. The summed E-state index contributed by atoms with van der Waals surface area (Å²) in [5.74, 6) is -0.833. The molecule has 0 heterocycles. The molecule has 0 spiro atoms. The predicted octanol–water partition coefficient (Wildman–Crippen LogP) is 3.20. The molecule has 1 N–H and O–H groups in total. The van der Waals surface area contributed by atoms with Gasteiger partial charge in [-0.2, -0.15) is 0 Å². The summed E-state index contributed by atoms with van der Waals surface area (Å²) in [4.78, 5) is 9.00. The molecule has 0 saturated heterocycles. The second-order valence-corrected chi connectivity index (χ2v) is 5.50. The highest BCUT2D eigenvalue weighted by Crippen LogP contribution is 2.31. The summed E-state index contributed by atoms with van der Waals surface area (Å²) in [5, 5.41) is 7.62. The second kappa shape index (κ2) is 5.87. The van der Waals surface area contributed by atoms with Crippen LogP contribution in [0.3, 0.4) is 0 Å². The summed E-state index contributed by atoms with van der Waals surface area (Å²) in [6.45, 7) is 7.65. The number of carbonyl (C=O) groups is 1. The molecular weight excluding hydrogens is 207 g/mol. The average Bonchev–Trinajstić information content (AvgIpc) is 2.01. The molecule has 0 aliphatic rings. The van der Waals surface area contributed by atoms with Crippen LogP contribution in [0.4, 0.5) is 0 Å². The molecule has 2 nitrogen and oxygen atoms in total. The summed E-state index contributed by atoms with van der Waals surface area (Å²) in [6, 6.07) is 8.51. The quantitative estimate of drug-likeness (QED) is 0.746. The molecular formula is C12H19O2P. The van der Waals surface area contributed by atoms with E-state index in [2.05, 4.69) is 54.3 Å². The van der Waals surface area contributed by atoms with Crippen molar-refractivity contribution >= 4 is 15.2 Å². The van der Waals surface area contributed by atoms with E-state index in [1.165, 1.54) is 11.1 Å². The van der Waals surface area contributed by atoms with E-state index in [4.69, 9.17) is 9.90 Å². The van der Waals surface area contributed by atoms with Crippen molar-refractivity contribution in [1.82, 2.24) is 0 Å². The van der Waals surface area contributed by atoms with E-state index in [9.17, 15) is 0 Å². The zero-order valence-electron chi connectivity index (χ0n) is 9.74. The fourth-order valence-corrected chi connectivity index (χ4v) is 1.62. The van der Waals surface area contributed by atoms with Crippen LogP contribution in [-0.4, -0.2) is 11.1 Å². The number of carboxylic acids is 1. The van der Waals surface area contributed by atoms with Crippen LogP contribution in [0.1, 0.15) is 31.9 Å². The Morgan fingerprint density at radius 2 is 1.73 bits per heavy atom. The topological polar surface area (TPSA) is 37.3 Å². The Kier molecular flexibility index (Phi) is 5.53. The zero-order chi connectivity index (χ0) is 12.1. The standard InChI is InChI=1S/C10H15P.C2H4O2/c1-8-6-4-5-7-9(8)10(2,3)11;1-2(3)4/h4-7H,11H2,1-3H3;1H3,(H,3,4). The van der Waals surface area contributed by atoms with E-state index >= 15 is 0 Å². The van der Waals surface area contributed by atoms with Gasteiger partial charge in [0.15, 0.2) is 0 Å². The molecule has 0 saturated carbocycles.